The molecule has 12 amide bonds. The van der Waals surface area contributed by atoms with Gasteiger partial charge in [0.1, 0.15) is 89.5 Å². The molecule has 5 aromatic rings. The summed E-state index contributed by atoms with van der Waals surface area (Å²) in [5, 5.41) is 167. The number of hydrogen-bond acceptors (Lipinski definition) is 34. The fourth-order valence-corrected chi connectivity index (χ4v) is 16.4. The number of carbonyl (C=O) groups excluding carboxylic acids is 12. The van der Waals surface area contributed by atoms with Crippen LogP contribution in [0.15, 0.2) is 78.9 Å². The Kier molecular flexibility index (Phi) is 45.0. The standard InChI is InChI=1S/C66H75Cl2N9O24.C25H48N6O8.CH2Cl2/c1-23(2)12-34(71-5)58(88)76-49-51(83)26-7-10-38(32(67)14-26)97-40-16-28-17-41(55(40)101-65-56(54(86)53(85)42(22-78)99-65)100-44-21-66(4,70)57(87)24(3)96-44)98-39-11-8-27(15-33(39)68)52(84)50-63(93)75-48(64(94)95)31-18-29(79)19-37(81)45(31)30-13-25(6-9-36(30)80)46(60(90)77-50)74-61(91)47(28)73-59(89)35(20-43(69)82)72-62(49)92;1-21(32)29(37)18-9-3-6-16-27-22(33)12-14-25(36)31(39)20-10-4-7-17-28-23(34)11-13-24(35)30(38)19-8-2-5-15-26;2-1-3/h6-11,13-19,23-24,34-35,42,44,46-54,56-57,65,71,78-81,83-87H,12,20-22,70H2,1-5H3,(H2,69,82)(H,72,92)(H,73,89)(H,74,91)(H,75,93)(H,76,88)(H,77,90)(H,94,95);37-39H,2-20,26H2,1H3,(H,27,33)(H,28,34);1H2/t24-,34+,35-,42+,44-,46+,47+,48+,49+,50-,51+,52+,53+,54-,56+,57?,65-,66-;;/m0../s1. The quantitative estimate of drug-likeness (QED) is 0.0118. The van der Waals surface area contributed by atoms with E-state index in [0.717, 1.165) is 86.0 Å². The zero-order valence-corrected chi connectivity index (χ0v) is 82.0. The van der Waals surface area contributed by atoms with Gasteiger partial charge in [0.05, 0.1) is 46.7 Å². The van der Waals surface area contributed by atoms with Crippen LogP contribution in [0.4, 0.5) is 0 Å². The number of aliphatic hydroxyl groups excluding tert-OH is 6. The number of carboxylic acids is 1. The molecular weight excluding hydrogens is 1970 g/mol. The predicted molar refractivity (Wildman–Crippen MR) is 507 cm³/mol. The normalized spacial score (nSPS) is 23.8. The first-order chi connectivity index (χ1) is 67.6. The first kappa shape index (κ1) is 117. The number of amides is 12. The van der Waals surface area contributed by atoms with Crippen molar-refractivity contribution in [2.24, 2.45) is 23.1 Å². The average Bonchev–Trinajstić information content (AvgIpc) is 0.766. The Balaban J connectivity index is 0.000000500. The fraction of sp³-hybridized carbons (Fsp3) is 0.533. The van der Waals surface area contributed by atoms with E-state index in [-0.39, 0.29) is 109 Å². The van der Waals surface area contributed by atoms with Crippen molar-refractivity contribution in [3.8, 4) is 57.1 Å². The second-order valence-electron chi connectivity index (χ2n) is 35.2. The number of nitrogens with zero attached hydrogens (tertiary/aromatic N) is 3. The lowest BCUT2D eigenvalue weighted by molar-refractivity contribution is -0.333. The molecule has 2 fully saturated rings. The molecule has 28 N–H and O–H groups in total. The number of unbranched alkanes of at least 4 members (excludes halogenated alkanes) is 6. The highest BCUT2D eigenvalue weighted by molar-refractivity contribution is 6.40. The number of aliphatic carboxylic acids is 1. The highest BCUT2D eigenvalue weighted by atomic mass is 35.5. The van der Waals surface area contributed by atoms with Crippen molar-refractivity contribution in [1.29, 1.82) is 0 Å². The molecule has 0 radical (unpaired) electrons. The third-order valence-electron chi connectivity index (χ3n) is 23.7. The topological polar surface area (TPSA) is 736 Å². The number of likely N-dealkylation sites (N-methyl/N-ethyl adjacent to an activating group) is 1. The maximum Gasteiger partial charge on any atom is 0.330 e. The molecule has 2 saturated heterocycles. The van der Waals surface area contributed by atoms with E-state index in [2.05, 4.69) is 47.9 Å². The van der Waals surface area contributed by atoms with Gasteiger partial charge in [-0.3, -0.25) is 73.2 Å². The van der Waals surface area contributed by atoms with E-state index in [9.17, 15) is 115 Å². The number of phenolic OH excluding ortho intramolecular Hbond substituents is 3. The van der Waals surface area contributed by atoms with Gasteiger partial charge in [0.25, 0.3) is 0 Å². The molecule has 0 aromatic heterocycles. The fourth-order valence-electron chi connectivity index (χ4n) is 15.9. The van der Waals surface area contributed by atoms with Crippen molar-refractivity contribution in [2.75, 3.05) is 58.3 Å². The number of fused-ring (bicyclic) bond motifs is 15. The Morgan fingerprint density at radius 2 is 1.15 bits per heavy atom. The molecule has 18 atom stereocenters. The number of nitrogens with two attached hydrogens (primary N) is 3. The summed E-state index contributed by atoms with van der Waals surface area (Å²) in [4.78, 5) is 175. The lowest BCUT2D eigenvalue weighted by Gasteiger charge is -2.47. The number of ether oxygens (including phenoxy) is 6. The third kappa shape index (κ3) is 32.8. The average molecular weight is 2090 g/mol. The van der Waals surface area contributed by atoms with Gasteiger partial charge in [-0.05, 0) is 168 Å². The molecule has 0 saturated carbocycles. The van der Waals surface area contributed by atoms with Crippen LogP contribution in [-0.2, 0) is 76.5 Å². The number of nitrogens with one attached hydrogen (secondary N) is 9. The molecule has 7 aliphatic rings. The predicted octanol–water partition coefficient (Wildman–Crippen LogP) is 2.45. The number of rotatable bonds is 36. The molecule has 7 heterocycles. The number of primary amides is 1. The number of hydroxylamine groups is 6. The molecular formula is C92H125Cl4N15O32. The van der Waals surface area contributed by atoms with Gasteiger partial charge in [0, 0.05) is 100 Å². The molecule has 47 nitrogen and oxygen atoms in total. The number of carbonyl (C=O) groups is 13. The van der Waals surface area contributed by atoms with Crippen molar-refractivity contribution in [3.63, 3.8) is 0 Å². The van der Waals surface area contributed by atoms with Gasteiger partial charge in [0.2, 0.25) is 82.9 Å². The summed E-state index contributed by atoms with van der Waals surface area (Å²) < 4.78 is 38.3. The number of aliphatic hydroxyl groups is 6. The number of benzene rings is 5. The van der Waals surface area contributed by atoms with Crippen LogP contribution in [-0.4, -0.2) is 296 Å². The zero-order valence-electron chi connectivity index (χ0n) is 79.0. The number of alkyl halides is 2. The number of hydrogen-bond donors (Lipinski definition) is 25. The molecule has 0 aliphatic carbocycles. The second-order valence-corrected chi connectivity index (χ2v) is 36.8. The Morgan fingerprint density at radius 3 is 1.66 bits per heavy atom. The third-order valence-corrected chi connectivity index (χ3v) is 24.2. The van der Waals surface area contributed by atoms with E-state index in [0.29, 0.717) is 73.3 Å². The largest absolute Gasteiger partial charge is 0.508 e. The van der Waals surface area contributed by atoms with Gasteiger partial charge >= 0.3 is 5.97 Å². The summed E-state index contributed by atoms with van der Waals surface area (Å²) in [6, 6.07) is -0.679. The molecule has 1 unspecified atom stereocenters. The maximum atomic E-state index is 16.0. The van der Waals surface area contributed by atoms with Crippen LogP contribution in [0.25, 0.3) is 11.1 Å². The minimum absolute atomic E-state index is 0.0191. The molecule has 51 heteroatoms. The van der Waals surface area contributed by atoms with Crippen molar-refractivity contribution >= 4 is 123 Å². The Morgan fingerprint density at radius 1 is 0.615 bits per heavy atom. The van der Waals surface area contributed by atoms with Crippen LogP contribution < -0.4 is 79.3 Å². The monoisotopic (exact) mass is 2090 g/mol. The van der Waals surface area contributed by atoms with Gasteiger partial charge in [-0.25, -0.2) is 20.0 Å². The van der Waals surface area contributed by atoms with Crippen molar-refractivity contribution in [3.05, 3.63) is 117 Å². The highest BCUT2D eigenvalue weighted by Crippen LogP contribution is 2.50. The van der Waals surface area contributed by atoms with E-state index in [1.54, 1.807) is 0 Å². The number of aromatic hydroxyl groups is 3. The van der Waals surface area contributed by atoms with Gasteiger partial charge in [-0.2, -0.15) is 0 Å². The van der Waals surface area contributed by atoms with Crippen LogP contribution in [0.5, 0.6) is 46.0 Å². The zero-order chi connectivity index (χ0) is 106. The van der Waals surface area contributed by atoms with Crippen molar-refractivity contribution < 1.29 is 157 Å². The van der Waals surface area contributed by atoms with Crippen LogP contribution >= 0.6 is 46.4 Å². The van der Waals surface area contributed by atoms with Crippen LogP contribution in [0.3, 0.4) is 0 Å². The van der Waals surface area contributed by atoms with Gasteiger partial charge in [0.15, 0.2) is 29.9 Å². The van der Waals surface area contributed by atoms with Crippen LogP contribution in [0.1, 0.15) is 196 Å². The molecule has 0 spiro atoms. The smallest absolute Gasteiger partial charge is 0.330 e. The lowest BCUT2D eigenvalue weighted by atomic mass is 9.86. The summed E-state index contributed by atoms with van der Waals surface area (Å²) in [6.07, 6.45) is -12.7. The minimum atomic E-state index is -2.35. The number of phenols is 3. The first-order valence-electron chi connectivity index (χ1n) is 45.9. The van der Waals surface area contributed by atoms with Crippen LogP contribution in [0.2, 0.25) is 10.0 Å². The summed E-state index contributed by atoms with van der Waals surface area (Å²) in [5.74, 6) is -18.0. The van der Waals surface area contributed by atoms with E-state index in [1.807, 2.05) is 13.8 Å². The van der Waals surface area contributed by atoms with E-state index < -0.39 is 255 Å². The summed E-state index contributed by atoms with van der Waals surface area (Å²) in [5.41, 5.74) is 13.4. The molecule has 143 heavy (non-hydrogen) atoms. The maximum absolute atomic E-state index is 16.0. The Bertz CT molecular complexity index is 5290. The van der Waals surface area contributed by atoms with E-state index in [4.69, 9.17) is 92.0 Å². The SMILES string of the molecule is CC(=O)N(O)CCCCCNC(=O)CCC(=O)N(O)CCCCCNC(=O)CCC(=O)N(O)CCCCCN.CN[C@H](CC(C)C)C(=O)N[C@H]1C(=O)N[C@@H](CC(N)=O)C(=O)N[C@H]2C(=O)N[C@H]3C(=O)N[C@H](C(=O)N[C@@H](C(=O)O)c4cc(O)cc(O)c4-c4cc3ccc4O)[C@H](O)c3ccc(c(Cl)c3)Oc3cc2cc(c3O[C@@H]2O[C@H](CO)[C@@H](O)[C@H](O)[C@H]2O[C@H]2C[C@](C)(N)C(O)[C@H](C)O2)Oc2ccc(cc2Cl)[C@H]1O.ClCCl. The van der Waals surface area contributed by atoms with Crippen molar-refractivity contribution in [2.45, 2.75) is 247 Å². The van der Waals surface area contributed by atoms with Crippen LogP contribution in [0, 0.1) is 5.92 Å². The highest BCUT2D eigenvalue weighted by Gasteiger charge is 2.52. The Hall–Kier alpha value is -11.4. The first-order valence-corrected chi connectivity index (χ1v) is 47.8. The summed E-state index contributed by atoms with van der Waals surface area (Å²) in [6.45, 7) is 8.88. The molecule has 12 rings (SSSR count). The second kappa shape index (κ2) is 55.0. The lowest BCUT2D eigenvalue weighted by Crippen LogP contribution is -2.64. The Labute approximate surface area is 841 Å². The number of halogens is 4. The van der Waals surface area contributed by atoms with Gasteiger partial charge < -0.3 is 145 Å². The molecule has 7 aliphatic heterocycles. The summed E-state index contributed by atoms with van der Waals surface area (Å²) >= 11 is 23.6. The summed E-state index contributed by atoms with van der Waals surface area (Å²) in [7, 11) is 1.47. The minimum Gasteiger partial charge on any atom is -0.508 e. The molecule has 5 aromatic carbocycles. The molecule has 788 valence electrons. The van der Waals surface area contributed by atoms with Gasteiger partial charge in [-0.15, -0.1) is 23.2 Å². The van der Waals surface area contributed by atoms with Gasteiger partial charge in [-0.1, -0.05) is 61.7 Å². The van der Waals surface area contributed by atoms with Crippen molar-refractivity contribution in [1.82, 2.24) is 63.0 Å². The molecule has 11 bridgehead atoms. The van der Waals surface area contributed by atoms with E-state index in [1.165, 1.54) is 40.0 Å². The van der Waals surface area contributed by atoms with E-state index >= 15 is 14.4 Å². The number of carboxylic acid groups (broad SMARTS) is 1.